The van der Waals surface area contributed by atoms with Gasteiger partial charge in [-0.05, 0) is 85.3 Å². The molecule has 0 heterocycles. The average molecular weight is 467 g/mol. The largest absolute Gasteiger partial charge is 0.483 e. The van der Waals surface area contributed by atoms with E-state index in [1.807, 2.05) is 44.2 Å². The maximum atomic E-state index is 12.7. The first kappa shape index (κ1) is 24.3. The number of hydrogen-bond donors (Lipinski definition) is 2. The van der Waals surface area contributed by atoms with Crippen LogP contribution in [0.3, 0.4) is 0 Å². The van der Waals surface area contributed by atoms with Crippen molar-refractivity contribution in [1.82, 2.24) is 0 Å². The average Bonchev–Trinajstić information content (AvgIpc) is 2.76. The number of aryl methyl sites for hydroxylation is 2. The van der Waals surface area contributed by atoms with E-state index in [1.54, 1.807) is 24.3 Å². The number of sulfonamides is 1. The van der Waals surface area contributed by atoms with Gasteiger partial charge >= 0.3 is 0 Å². The zero-order valence-electron chi connectivity index (χ0n) is 19.4. The molecule has 0 aliphatic heterocycles. The molecule has 33 heavy (non-hydrogen) atoms. The number of anilines is 2. The normalized spacial score (nSPS) is 12.1. The van der Waals surface area contributed by atoms with Gasteiger partial charge in [0.2, 0.25) is 0 Å². The Labute approximate surface area is 196 Å². The van der Waals surface area contributed by atoms with Crippen molar-refractivity contribution in [3.05, 3.63) is 83.4 Å². The molecule has 0 radical (unpaired) electrons. The highest BCUT2D eigenvalue weighted by Gasteiger charge is 2.15. The molecule has 0 spiro atoms. The van der Waals surface area contributed by atoms with Crippen molar-refractivity contribution < 1.29 is 17.9 Å². The number of rotatable bonds is 9. The molecule has 6 nitrogen and oxygen atoms in total. The minimum Gasteiger partial charge on any atom is -0.483 e. The van der Waals surface area contributed by atoms with Crippen LogP contribution in [0.5, 0.6) is 5.75 Å². The van der Waals surface area contributed by atoms with Gasteiger partial charge in [0, 0.05) is 11.4 Å². The SMILES string of the molecule is CCC(C)c1ccccc1OCC(=O)Nc1ccc(S(=O)(=O)Nc2cc(C)cc(C)c2)cc1. The van der Waals surface area contributed by atoms with Gasteiger partial charge in [-0.3, -0.25) is 9.52 Å². The fourth-order valence-electron chi connectivity index (χ4n) is 3.54. The second-order valence-corrected chi connectivity index (χ2v) is 9.87. The fraction of sp³-hybridized carbons (Fsp3) is 0.269. The van der Waals surface area contributed by atoms with E-state index in [9.17, 15) is 13.2 Å². The van der Waals surface area contributed by atoms with Gasteiger partial charge < -0.3 is 10.1 Å². The Balaban J connectivity index is 1.62. The van der Waals surface area contributed by atoms with Gasteiger partial charge in [-0.15, -0.1) is 0 Å². The Kier molecular flexibility index (Phi) is 7.76. The van der Waals surface area contributed by atoms with E-state index in [2.05, 4.69) is 23.9 Å². The second kappa shape index (κ2) is 10.5. The lowest BCUT2D eigenvalue weighted by Gasteiger charge is -2.15. The van der Waals surface area contributed by atoms with Crippen LogP contribution < -0.4 is 14.8 Å². The molecule has 0 saturated heterocycles. The summed E-state index contributed by atoms with van der Waals surface area (Å²) >= 11 is 0. The Hall–Kier alpha value is -3.32. The van der Waals surface area contributed by atoms with E-state index in [-0.39, 0.29) is 17.4 Å². The maximum absolute atomic E-state index is 12.7. The van der Waals surface area contributed by atoms with Crippen LogP contribution in [-0.2, 0) is 14.8 Å². The van der Waals surface area contributed by atoms with Crippen LogP contribution in [0.25, 0.3) is 0 Å². The zero-order valence-corrected chi connectivity index (χ0v) is 20.2. The van der Waals surface area contributed by atoms with E-state index >= 15 is 0 Å². The third-order valence-electron chi connectivity index (χ3n) is 5.34. The molecular weight excluding hydrogens is 436 g/mol. The van der Waals surface area contributed by atoms with Gasteiger partial charge in [0.15, 0.2) is 6.61 Å². The maximum Gasteiger partial charge on any atom is 0.262 e. The first-order valence-electron chi connectivity index (χ1n) is 10.9. The summed E-state index contributed by atoms with van der Waals surface area (Å²) in [7, 11) is -3.74. The number of carbonyl (C=O) groups excluding carboxylic acids is 1. The van der Waals surface area contributed by atoms with Crippen molar-refractivity contribution in [2.45, 2.75) is 44.9 Å². The van der Waals surface area contributed by atoms with Crippen LogP contribution in [0, 0.1) is 13.8 Å². The first-order valence-corrected chi connectivity index (χ1v) is 12.4. The predicted molar refractivity (Wildman–Crippen MR) is 132 cm³/mol. The highest BCUT2D eigenvalue weighted by molar-refractivity contribution is 7.92. The highest BCUT2D eigenvalue weighted by atomic mass is 32.2. The van der Waals surface area contributed by atoms with Gasteiger partial charge in [-0.2, -0.15) is 0 Å². The molecule has 2 N–H and O–H groups in total. The molecule has 0 aliphatic carbocycles. The van der Waals surface area contributed by atoms with Gasteiger partial charge in [-0.25, -0.2) is 8.42 Å². The lowest BCUT2D eigenvalue weighted by molar-refractivity contribution is -0.118. The number of hydrogen-bond acceptors (Lipinski definition) is 4. The Morgan fingerprint density at radius 2 is 1.58 bits per heavy atom. The summed E-state index contributed by atoms with van der Waals surface area (Å²) in [6.45, 7) is 7.91. The van der Waals surface area contributed by atoms with Crippen LogP contribution in [0.2, 0.25) is 0 Å². The number of ether oxygens (including phenoxy) is 1. The molecule has 0 saturated carbocycles. The van der Waals surface area contributed by atoms with Crippen LogP contribution in [0.4, 0.5) is 11.4 Å². The summed E-state index contributed by atoms with van der Waals surface area (Å²) < 4.78 is 33.8. The van der Waals surface area contributed by atoms with Crippen LogP contribution in [0.1, 0.15) is 42.9 Å². The minimum absolute atomic E-state index is 0.110. The molecule has 0 aliphatic rings. The first-order chi connectivity index (χ1) is 15.7. The Morgan fingerprint density at radius 1 is 0.939 bits per heavy atom. The van der Waals surface area contributed by atoms with E-state index in [4.69, 9.17) is 4.74 Å². The number of para-hydroxylation sites is 1. The molecular formula is C26H30N2O4S. The second-order valence-electron chi connectivity index (χ2n) is 8.19. The summed E-state index contributed by atoms with van der Waals surface area (Å²) in [6, 6.07) is 19.3. The van der Waals surface area contributed by atoms with Crippen LogP contribution in [-0.4, -0.2) is 20.9 Å². The molecule has 1 unspecified atom stereocenters. The van der Waals surface area contributed by atoms with Crippen molar-refractivity contribution >= 4 is 27.3 Å². The summed E-state index contributed by atoms with van der Waals surface area (Å²) in [5.41, 5.74) is 4.02. The lowest BCUT2D eigenvalue weighted by atomic mass is 9.98. The summed E-state index contributed by atoms with van der Waals surface area (Å²) in [6.07, 6.45) is 0.972. The van der Waals surface area contributed by atoms with Crippen molar-refractivity contribution in [3.8, 4) is 5.75 Å². The molecule has 3 aromatic rings. The summed E-state index contributed by atoms with van der Waals surface area (Å²) in [5.74, 6) is 0.704. The van der Waals surface area contributed by atoms with Gasteiger partial charge in [0.25, 0.3) is 15.9 Å². The fourth-order valence-corrected chi connectivity index (χ4v) is 4.58. The van der Waals surface area contributed by atoms with Gasteiger partial charge in [0.1, 0.15) is 5.75 Å². The third-order valence-corrected chi connectivity index (χ3v) is 6.74. The molecule has 1 atom stereocenters. The quantitative estimate of drug-likeness (QED) is 0.428. The smallest absolute Gasteiger partial charge is 0.262 e. The Bertz CT molecular complexity index is 1200. The van der Waals surface area contributed by atoms with Crippen LogP contribution in [0.15, 0.2) is 71.6 Å². The van der Waals surface area contributed by atoms with Crippen molar-refractivity contribution in [2.75, 3.05) is 16.6 Å². The van der Waals surface area contributed by atoms with Gasteiger partial charge in [0.05, 0.1) is 4.90 Å². The lowest BCUT2D eigenvalue weighted by Crippen LogP contribution is -2.20. The summed E-state index contributed by atoms with van der Waals surface area (Å²) in [5, 5.41) is 2.74. The van der Waals surface area contributed by atoms with E-state index in [0.29, 0.717) is 23.0 Å². The standard InChI is InChI=1S/C26H30N2O4S/c1-5-20(4)24-8-6-7-9-25(24)32-17-26(29)27-21-10-12-23(13-11-21)33(30,31)28-22-15-18(2)14-19(3)16-22/h6-16,20,28H,5,17H2,1-4H3,(H,27,29). The molecule has 0 fully saturated rings. The zero-order chi connectivity index (χ0) is 24.0. The number of carbonyl (C=O) groups is 1. The van der Waals surface area contributed by atoms with Crippen molar-refractivity contribution in [1.29, 1.82) is 0 Å². The molecule has 0 aromatic heterocycles. The molecule has 7 heteroatoms. The minimum atomic E-state index is -3.74. The molecule has 174 valence electrons. The molecule has 3 rings (SSSR count). The van der Waals surface area contributed by atoms with Gasteiger partial charge in [-0.1, -0.05) is 38.1 Å². The monoisotopic (exact) mass is 466 g/mol. The highest BCUT2D eigenvalue weighted by Crippen LogP contribution is 2.28. The third kappa shape index (κ3) is 6.58. The molecule has 3 aromatic carbocycles. The molecule has 0 bridgehead atoms. The topological polar surface area (TPSA) is 84.5 Å². The van der Waals surface area contributed by atoms with E-state index < -0.39 is 10.0 Å². The Morgan fingerprint density at radius 3 is 2.21 bits per heavy atom. The van der Waals surface area contributed by atoms with Crippen LogP contribution >= 0.6 is 0 Å². The van der Waals surface area contributed by atoms with E-state index in [1.165, 1.54) is 12.1 Å². The molecule has 1 amide bonds. The van der Waals surface area contributed by atoms with Crippen molar-refractivity contribution in [2.24, 2.45) is 0 Å². The van der Waals surface area contributed by atoms with E-state index in [0.717, 1.165) is 23.1 Å². The predicted octanol–water partition coefficient (Wildman–Crippen LogP) is 5.64. The summed E-state index contributed by atoms with van der Waals surface area (Å²) in [4.78, 5) is 12.5. The number of amides is 1. The van der Waals surface area contributed by atoms with Crippen molar-refractivity contribution in [3.63, 3.8) is 0 Å². The number of nitrogens with one attached hydrogen (secondary N) is 2. The number of benzene rings is 3.